The predicted molar refractivity (Wildman–Crippen MR) is 93.5 cm³/mol. The summed E-state index contributed by atoms with van der Waals surface area (Å²) in [5.74, 6) is -0.0383. The zero-order chi connectivity index (χ0) is 17.5. The van der Waals surface area contributed by atoms with Gasteiger partial charge >= 0.3 is 5.97 Å². The maximum Gasteiger partial charge on any atom is 0.343 e. The summed E-state index contributed by atoms with van der Waals surface area (Å²) in [6.45, 7) is 2.20. The van der Waals surface area contributed by atoms with Crippen molar-refractivity contribution < 1.29 is 17.9 Å². The summed E-state index contributed by atoms with van der Waals surface area (Å²) < 4.78 is 30.2. The van der Waals surface area contributed by atoms with Crippen LogP contribution in [0.5, 0.6) is 5.75 Å². The smallest absolute Gasteiger partial charge is 0.343 e. The number of halogens is 1. The first-order valence-corrected chi connectivity index (χ1v) is 9.57. The Balaban J connectivity index is 1.85. The normalized spacial score (nSPS) is 13.7. The van der Waals surface area contributed by atoms with Crippen molar-refractivity contribution >= 4 is 33.3 Å². The molecule has 0 unspecified atom stereocenters. The van der Waals surface area contributed by atoms with Gasteiger partial charge in [0.05, 0.1) is 17.5 Å². The highest BCUT2D eigenvalue weighted by molar-refractivity contribution is 7.92. The standard InChI is InChI=1S/C17H16ClNO4S/c1-11-9-14(18)4-6-16(11)23-17(20)13-3-5-15-12(10-13)7-8-19(15)24(2,21)22/h3-6,9-10H,7-8H2,1-2H3. The summed E-state index contributed by atoms with van der Waals surface area (Å²) >= 11 is 5.89. The Hall–Kier alpha value is -2.05. The number of sulfonamides is 1. The number of hydrogen-bond acceptors (Lipinski definition) is 4. The fourth-order valence-corrected chi connectivity index (χ4v) is 3.91. The van der Waals surface area contributed by atoms with Crippen LogP contribution in [0.2, 0.25) is 5.02 Å². The number of ether oxygens (including phenoxy) is 1. The van der Waals surface area contributed by atoms with Gasteiger partial charge in [-0.25, -0.2) is 13.2 Å². The van der Waals surface area contributed by atoms with Gasteiger partial charge in [-0.05, 0) is 60.9 Å². The van der Waals surface area contributed by atoms with Crippen molar-refractivity contribution in [1.29, 1.82) is 0 Å². The average Bonchev–Trinajstić information content (AvgIpc) is 2.93. The number of fused-ring (bicyclic) bond motifs is 1. The second-order valence-electron chi connectivity index (χ2n) is 5.73. The van der Waals surface area contributed by atoms with Crippen LogP contribution < -0.4 is 9.04 Å². The number of carbonyl (C=O) groups excluding carboxylic acids is 1. The monoisotopic (exact) mass is 365 g/mol. The van der Waals surface area contributed by atoms with Crippen molar-refractivity contribution in [3.63, 3.8) is 0 Å². The number of anilines is 1. The molecular weight excluding hydrogens is 350 g/mol. The fourth-order valence-electron chi connectivity index (χ4n) is 2.73. The average molecular weight is 366 g/mol. The number of aryl methyl sites for hydroxylation is 1. The number of rotatable bonds is 3. The molecule has 0 radical (unpaired) electrons. The zero-order valence-electron chi connectivity index (χ0n) is 13.2. The van der Waals surface area contributed by atoms with Crippen molar-refractivity contribution in [3.05, 3.63) is 58.1 Å². The minimum absolute atomic E-state index is 0.387. The maximum absolute atomic E-state index is 12.3. The Bertz CT molecular complexity index is 924. The van der Waals surface area contributed by atoms with Gasteiger partial charge in [0.1, 0.15) is 5.75 Å². The molecule has 0 amide bonds. The van der Waals surface area contributed by atoms with Crippen LogP contribution in [0.4, 0.5) is 5.69 Å². The topological polar surface area (TPSA) is 63.7 Å². The van der Waals surface area contributed by atoms with E-state index in [0.29, 0.717) is 35.0 Å². The number of benzene rings is 2. The largest absolute Gasteiger partial charge is 0.423 e. The van der Waals surface area contributed by atoms with E-state index >= 15 is 0 Å². The summed E-state index contributed by atoms with van der Waals surface area (Å²) in [5, 5.41) is 0.575. The van der Waals surface area contributed by atoms with Crippen molar-refractivity contribution in [2.45, 2.75) is 13.3 Å². The van der Waals surface area contributed by atoms with Gasteiger partial charge in [0, 0.05) is 11.6 Å². The molecule has 1 heterocycles. The second-order valence-corrected chi connectivity index (χ2v) is 8.07. The summed E-state index contributed by atoms with van der Waals surface area (Å²) in [7, 11) is -3.30. The van der Waals surface area contributed by atoms with Gasteiger partial charge in [-0.2, -0.15) is 0 Å². The molecule has 0 spiro atoms. The van der Waals surface area contributed by atoms with E-state index in [2.05, 4.69) is 0 Å². The minimum atomic E-state index is -3.30. The van der Waals surface area contributed by atoms with Crippen LogP contribution in [-0.4, -0.2) is 27.2 Å². The van der Waals surface area contributed by atoms with Crippen LogP contribution in [0.3, 0.4) is 0 Å². The molecule has 0 bridgehead atoms. The maximum atomic E-state index is 12.3. The highest BCUT2D eigenvalue weighted by Gasteiger charge is 2.27. The van der Waals surface area contributed by atoms with E-state index < -0.39 is 16.0 Å². The van der Waals surface area contributed by atoms with E-state index in [0.717, 1.165) is 11.1 Å². The first-order chi connectivity index (χ1) is 11.3. The zero-order valence-corrected chi connectivity index (χ0v) is 14.8. The minimum Gasteiger partial charge on any atom is -0.423 e. The molecule has 2 aromatic rings. The number of carbonyl (C=O) groups is 1. The van der Waals surface area contributed by atoms with Crippen LogP contribution in [0.15, 0.2) is 36.4 Å². The van der Waals surface area contributed by atoms with E-state index in [9.17, 15) is 13.2 Å². The van der Waals surface area contributed by atoms with E-state index in [1.165, 1.54) is 10.6 Å². The van der Waals surface area contributed by atoms with Gasteiger partial charge in [0.2, 0.25) is 10.0 Å². The second kappa shape index (κ2) is 6.11. The molecule has 0 saturated heterocycles. The van der Waals surface area contributed by atoms with E-state index in [-0.39, 0.29) is 0 Å². The molecule has 7 heteroatoms. The lowest BCUT2D eigenvalue weighted by molar-refractivity contribution is 0.0733. The van der Waals surface area contributed by atoms with E-state index in [1.54, 1.807) is 43.3 Å². The van der Waals surface area contributed by atoms with Crippen molar-refractivity contribution in [1.82, 2.24) is 0 Å². The lowest BCUT2D eigenvalue weighted by Gasteiger charge is -2.16. The van der Waals surface area contributed by atoms with Crippen LogP contribution in [0, 0.1) is 6.92 Å². The van der Waals surface area contributed by atoms with E-state index in [4.69, 9.17) is 16.3 Å². The van der Waals surface area contributed by atoms with Crippen LogP contribution in [0.25, 0.3) is 0 Å². The Kier molecular flexibility index (Phi) is 4.27. The van der Waals surface area contributed by atoms with Gasteiger partial charge in [0.15, 0.2) is 0 Å². The molecule has 1 aliphatic heterocycles. The summed E-state index contributed by atoms with van der Waals surface area (Å²) in [4.78, 5) is 12.3. The lowest BCUT2D eigenvalue weighted by atomic mass is 10.1. The SMILES string of the molecule is Cc1cc(Cl)ccc1OC(=O)c1ccc2c(c1)CCN2S(C)(=O)=O. The Labute approximate surface area is 145 Å². The Morgan fingerprint density at radius 2 is 1.96 bits per heavy atom. The molecule has 0 fully saturated rings. The quantitative estimate of drug-likeness (QED) is 0.619. The fraction of sp³-hybridized carbons (Fsp3) is 0.235. The molecule has 2 aromatic carbocycles. The van der Waals surface area contributed by atoms with E-state index in [1.807, 2.05) is 0 Å². The first-order valence-electron chi connectivity index (χ1n) is 7.34. The Morgan fingerprint density at radius 3 is 2.62 bits per heavy atom. The molecule has 0 aliphatic carbocycles. The molecule has 1 aliphatic rings. The van der Waals surface area contributed by atoms with Crippen molar-refractivity contribution in [2.24, 2.45) is 0 Å². The highest BCUT2D eigenvalue weighted by atomic mass is 35.5. The predicted octanol–water partition coefficient (Wildman–Crippen LogP) is 3.19. The number of nitrogens with zero attached hydrogens (tertiary/aromatic N) is 1. The summed E-state index contributed by atoms with van der Waals surface area (Å²) in [6, 6.07) is 9.94. The highest BCUT2D eigenvalue weighted by Crippen LogP contribution is 2.31. The Morgan fingerprint density at radius 1 is 1.21 bits per heavy atom. The van der Waals surface area contributed by atoms with Gasteiger partial charge in [-0.1, -0.05) is 11.6 Å². The van der Waals surface area contributed by atoms with Crippen LogP contribution in [0.1, 0.15) is 21.5 Å². The summed E-state index contributed by atoms with van der Waals surface area (Å²) in [6.07, 6.45) is 1.75. The van der Waals surface area contributed by atoms with Gasteiger partial charge in [-0.15, -0.1) is 0 Å². The van der Waals surface area contributed by atoms with Crippen LogP contribution >= 0.6 is 11.6 Å². The molecule has 0 N–H and O–H groups in total. The number of hydrogen-bond donors (Lipinski definition) is 0. The third-order valence-electron chi connectivity index (χ3n) is 3.91. The molecule has 0 atom stereocenters. The van der Waals surface area contributed by atoms with Crippen molar-refractivity contribution in [3.8, 4) is 5.75 Å². The first kappa shape index (κ1) is 16.8. The van der Waals surface area contributed by atoms with Gasteiger partial charge < -0.3 is 4.74 Å². The lowest BCUT2D eigenvalue weighted by Crippen LogP contribution is -2.27. The van der Waals surface area contributed by atoms with Crippen molar-refractivity contribution in [2.75, 3.05) is 17.1 Å². The third kappa shape index (κ3) is 3.25. The number of esters is 1. The van der Waals surface area contributed by atoms with Gasteiger partial charge in [-0.3, -0.25) is 4.31 Å². The molecule has 126 valence electrons. The summed E-state index contributed by atoms with van der Waals surface area (Å²) in [5.41, 5.74) is 2.60. The van der Waals surface area contributed by atoms with Crippen LogP contribution in [-0.2, 0) is 16.4 Å². The molecule has 0 saturated carbocycles. The molecule has 0 aromatic heterocycles. The molecule has 24 heavy (non-hydrogen) atoms. The molecule has 5 nitrogen and oxygen atoms in total. The molecule has 3 rings (SSSR count). The third-order valence-corrected chi connectivity index (χ3v) is 5.32. The molecular formula is C17H16ClNO4S. The van der Waals surface area contributed by atoms with Gasteiger partial charge in [0.25, 0.3) is 0 Å².